The molecule has 0 aliphatic carbocycles. The molecule has 0 aliphatic heterocycles. The van der Waals surface area contributed by atoms with Gasteiger partial charge in [-0.05, 0) is 61.2 Å². The Bertz CT molecular complexity index is 764. The molecule has 0 N–H and O–H groups in total. The van der Waals surface area contributed by atoms with Gasteiger partial charge in [-0.15, -0.1) is 11.3 Å². The molecule has 2 aromatic heterocycles. The highest BCUT2D eigenvalue weighted by Crippen LogP contribution is 2.17. The van der Waals surface area contributed by atoms with Gasteiger partial charge in [0.25, 0.3) is 5.91 Å². The molecule has 1 aromatic carbocycles. The minimum absolute atomic E-state index is 0.00370. The van der Waals surface area contributed by atoms with Crippen LogP contribution >= 0.6 is 11.3 Å². The average Bonchev–Trinajstić information content (AvgIpc) is 3.33. The Hall–Kier alpha value is -2.53. The largest absolute Gasteiger partial charge is 0.494 e. The summed E-state index contributed by atoms with van der Waals surface area (Å²) in [4.78, 5) is 16.0. The van der Waals surface area contributed by atoms with E-state index in [0.29, 0.717) is 25.3 Å². The van der Waals surface area contributed by atoms with Crippen molar-refractivity contribution in [3.63, 3.8) is 0 Å². The summed E-state index contributed by atoms with van der Waals surface area (Å²) < 4.78 is 10.9. The van der Waals surface area contributed by atoms with E-state index >= 15 is 0 Å². The average molecular weight is 355 g/mol. The van der Waals surface area contributed by atoms with Crippen LogP contribution < -0.4 is 4.74 Å². The Balaban J connectivity index is 1.73. The maximum absolute atomic E-state index is 12.9. The fourth-order valence-electron chi connectivity index (χ4n) is 2.59. The van der Waals surface area contributed by atoms with Crippen LogP contribution in [0.15, 0.2) is 64.6 Å². The van der Waals surface area contributed by atoms with Crippen LogP contribution in [0.5, 0.6) is 5.75 Å². The monoisotopic (exact) mass is 355 g/mol. The number of rotatable bonds is 8. The van der Waals surface area contributed by atoms with E-state index in [1.807, 2.05) is 54.3 Å². The van der Waals surface area contributed by atoms with Gasteiger partial charge < -0.3 is 14.1 Å². The molecule has 4 nitrogen and oxygen atoms in total. The van der Waals surface area contributed by atoms with Crippen LogP contribution in [0.25, 0.3) is 0 Å². The zero-order chi connectivity index (χ0) is 17.5. The molecule has 1 amide bonds. The van der Waals surface area contributed by atoms with Crippen LogP contribution in [0.3, 0.4) is 0 Å². The van der Waals surface area contributed by atoms with Crippen LogP contribution in [-0.2, 0) is 13.0 Å². The van der Waals surface area contributed by atoms with Gasteiger partial charge >= 0.3 is 0 Å². The number of thiophene rings is 1. The lowest BCUT2D eigenvalue weighted by atomic mass is 10.1. The lowest BCUT2D eigenvalue weighted by Gasteiger charge is -2.21. The van der Waals surface area contributed by atoms with Crippen molar-refractivity contribution in [2.75, 3.05) is 13.2 Å². The van der Waals surface area contributed by atoms with Crippen molar-refractivity contribution in [2.24, 2.45) is 0 Å². The number of furan rings is 1. The van der Waals surface area contributed by atoms with Crippen molar-refractivity contribution in [3.05, 3.63) is 76.4 Å². The highest BCUT2D eigenvalue weighted by atomic mass is 32.1. The second-order valence-corrected chi connectivity index (χ2v) is 6.63. The molecular formula is C20H21NO3S. The van der Waals surface area contributed by atoms with E-state index in [1.54, 1.807) is 17.6 Å². The molecule has 5 heteroatoms. The summed E-state index contributed by atoms with van der Waals surface area (Å²) in [5, 5.41) is 2.06. The molecule has 0 unspecified atom stereocenters. The number of hydrogen-bond acceptors (Lipinski definition) is 4. The first-order valence-corrected chi connectivity index (χ1v) is 9.21. The number of carbonyl (C=O) groups excluding carboxylic acids is 1. The summed E-state index contributed by atoms with van der Waals surface area (Å²) in [7, 11) is 0. The molecule has 130 valence electrons. The third kappa shape index (κ3) is 4.73. The van der Waals surface area contributed by atoms with Crippen molar-refractivity contribution in [1.29, 1.82) is 0 Å². The second-order valence-electron chi connectivity index (χ2n) is 5.59. The van der Waals surface area contributed by atoms with Gasteiger partial charge in [-0.1, -0.05) is 6.07 Å². The number of hydrogen-bond donors (Lipinski definition) is 0. The van der Waals surface area contributed by atoms with Gasteiger partial charge in [0.15, 0.2) is 0 Å². The maximum Gasteiger partial charge on any atom is 0.254 e. The van der Waals surface area contributed by atoms with Crippen molar-refractivity contribution >= 4 is 17.2 Å². The molecule has 0 radical (unpaired) electrons. The highest BCUT2D eigenvalue weighted by Gasteiger charge is 2.17. The van der Waals surface area contributed by atoms with Crippen LogP contribution in [0, 0.1) is 0 Å². The fraction of sp³-hybridized carbons (Fsp3) is 0.250. The zero-order valence-corrected chi connectivity index (χ0v) is 15.0. The molecule has 0 spiro atoms. The van der Waals surface area contributed by atoms with Gasteiger partial charge in [0.05, 0.1) is 19.4 Å². The van der Waals surface area contributed by atoms with Gasteiger partial charge in [-0.25, -0.2) is 0 Å². The maximum atomic E-state index is 12.9. The zero-order valence-electron chi connectivity index (χ0n) is 14.2. The second kappa shape index (κ2) is 8.53. The first kappa shape index (κ1) is 17.3. The first-order valence-electron chi connectivity index (χ1n) is 8.33. The van der Waals surface area contributed by atoms with Crippen LogP contribution in [-0.4, -0.2) is 24.0 Å². The van der Waals surface area contributed by atoms with Gasteiger partial charge in [0.1, 0.15) is 11.5 Å². The Morgan fingerprint density at radius 3 is 2.64 bits per heavy atom. The van der Waals surface area contributed by atoms with Gasteiger partial charge in [0.2, 0.25) is 0 Å². The Morgan fingerprint density at radius 2 is 2.00 bits per heavy atom. The Labute approximate surface area is 151 Å². The standard InChI is InChI=1S/C20H21NO3S/c1-2-23-17-9-7-16(8-10-17)20(22)21(15-18-5-3-13-24-18)12-11-19-6-4-14-25-19/h3-10,13-14H,2,11-12,15H2,1H3. The Kier molecular flexibility index (Phi) is 5.90. The molecule has 0 aliphatic rings. The first-order chi connectivity index (χ1) is 12.3. The molecule has 0 saturated carbocycles. The van der Waals surface area contributed by atoms with Gasteiger partial charge in [-0.2, -0.15) is 0 Å². The summed E-state index contributed by atoms with van der Waals surface area (Å²) in [6.45, 7) is 3.66. The molecule has 0 bridgehead atoms. The predicted molar refractivity (Wildman–Crippen MR) is 99.1 cm³/mol. The van der Waals surface area contributed by atoms with Crippen LogP contribution in [0.1, 0.15) is 27.9 Å². The molecule has 3 rings (SSSR count). The van der Waals surface area contributed by atoms with Crippen molar-refractivity contribution in [2.45, 2.75) is 19.9 Å². The number of carbonyl (C=O) groups is 1. The third-order valence-corrected chi connectivity index (χ3v) is 4.77. The summed E-state index contributed by atoms with van der Waals surface area (Å²) in [6, 6.07) is 15.2. The molecule has 0 atom stereocenters. The van der Waals surface area contributed by atoms with Crippen LogP contribution in [0.2, 0.25) is 0 Å². The van der Waals surface area contributed by atoms with Crippen LogP contribution in [0.4, 0.5) is 0 Å². The number of ether oxygens (including phenoxy) is 1. The minimum Gasteiger partial charge on any atom is -0.494 e. The van der Waals surface area contributed by atoms with Crippen molar-refractivity contribution < 1.29 is 13.9 Å². The fourth-order valence-corrected chi connectivity index (χ4v) is 3.28. The smallest absolute Gasteiger partial charge is 0.254 e. The van der Waals surface area contributed by atoms with Gasteiger partial charge in [0, 0.05) is 17.0 Å². The van der Waals surface area contributed by atoms with E-state index in [0.717, 1.165) is 17.9 Å². The SMILES string of the molecule is CCOc1ccc(C(=O)N(CCc2cccs2)Cc2ccco2)cc1. The van der Waals surface area contributed by atoms with E-state index in [1.165, 1.54) is 4.88 Å². The number of amides is 1. The summed E-state index contributed by atoms with van der Waals surface area (Å²) >= 11 is 1.71. The Morgan fingerprint density at radius 1 is 1.16 bits per heavy atom. The summed E-state index contributed by atoms with van der Waals surface area (Å²) in [5.41, 5.74) is 0.654. The minimum atomic E-state index is -0.00370. The van der Waals surface area contributed by atoms with Gasteiger partial charge in [-0.3, -0.25) is 4.79 Å². The van der Waals surface area contributed by atoms with E-state index in [-0.39, 0.29) is 5.91 Å². The number of benzene rings is 1. The predicted octanol–water partition coefficient (Wildman–Crippen LogP) is 4.62. The van der Waals surface area contributed by atoms with E-state index in [9.17, 15) is 4.79 Å². The normalized spacial score (nSPS) is 10.6. The topological polar surface area (TPSA) is 42.7 Å². The number of nitrogens with zero attached hydrogens (tertiary/aromatic N) is 1. The van der Waals surface area contributed by atoms with E-state index in [2.05, 4.69) is 11.4 Å². The molecule has 0 saturated heterocycles. The molecule has 25 heavy (non-hydrogen) atoms. The highest BCUT2D eigenvalue weighted by molar-refractivity contribution is 7.09. The summed E-state index contributed by atoms with van der Waals surface area (Å²) in [6.07, 6.45) is 2.47. The van der Waals surface area contributed by atoms with Crippen molar-refractivity contribution in [1.82, 2.24) is 4.90 Å². The third-order valence-electron chi connectivity index (χ3n) is 3.83. The summed E-state index contributed by atoms with van der Waals surface area (Å²) in [5.74, 6) is 1.55. The molecule has 2 heterocycles. The lowest BCUT2D eigenvalue weighted by Crippen LogP contribution is -2.32. The lowest BCUT2D eigenvalue weighted by molar-refractivity contribution is 0.0734. The van der Waals surface area contributed by atoms with E-state index in [4.69, 9.17) is 9.15 Å². The quantitative estimate of drug-likeness (QED) is 0.592. The molecule has 3 aromatic rings. The van der Waals surface area contributed by atoms with E-state index < -0.39 is 0 Å². The molecule has 0 fully saturated rings. The van der Waals surface area contributed by atoms with Crippen molar-refractivity contribution in [3.8, 4) is 5.75 Å². The molecular weight excluding hydrogens is 334 g/mol.